The minimum absolute atomic E-state index is 0.718. The van der Waals surface area contributed by atoms with Crippen LogP contribution in [-0.4, -0.2) is 32.3 Å². The maximum absolute atomic E-state index is 5.37. The Bertz CT molecular complexity index is 755. The molecule has 22 heavy (non-hydrogen) atoms. The summed E-state index contributed by atoms with van der Waals surface area (Å²) < 4.78 is 7.06. The van der Waals surface area contributed by atoms with Crippen LogP contribution in [0.4, 0.5) is 0 Å². The Morgan fingerprint density at radius 1 is 1.32 bits per heavy atom. The number of aromatic nitrogens is 5. The topological polar surface area (TPSA) is 65.7 Å². The Hall–Kier alpha value is -1.93. The van der Waals surface area contributed by atoms with Gasteiger partial charge >= 0.3 is 0 Å². The van der Waals surface area contributed by atoms with Crippen LogP contribution < -0.4 is 4.74 Å². The fraction of sp³-hybridized carbons (Fsp3) is 0.286. The van der Waals surface area contributed by atoms with Gasteiger partial charge in [0.2, 0.25) is 5.16 Å². The quantitative estimate of drug-likeness (QED) is 0.646. The van der Waals surface area contributed by atoms with E-state index in [0.29, 0.717) is 0 Å². The lowest BCUT2D eigenvalue weighted by Gasteiger charge is -2.08. The molecule has 8 heteroatoms. The first-order valence-electron chi connectivity index (χ1n) is 6.79. The molecule has 6 nitrogen and oxygen atoms in total. The van der Waals surface area contributed by atoms with E-state index in [4.69, 9.17) is 4.74 Å². The van der Waals surface area contributed by atoms with Crippen LogP contribution >= 0.6 is 23.1 Å². The molecule has 2 aromatic heterocycles. The van der Waals surface area contributed by atoms with Crippen LogP contribution in [0, 0.1) is 0 Å². The molecule has 0 amide bonds. The van der Waals surface area contributed by atoms with Gasteiger partial charge in [0.25, 0.3) is 0 Å². The number of hydrogen-bond donors (Lipinski definition) is 0. The first-order valence-corrected chi connectivity index (χ1v) is 8.66. The second kappa shape index (κ2) is 6.89. The molecule has 0 aliphatic heterocycles. The molecule has 0 fully saturated rings. The maximum Gasteiger partial charge on any atom is 0.214 e. The van der Waals surface area contributed by atoms with Crippen molar-refractivity contribution in [3.63, 3.8) is 0 Å². The first kappa shape index (κ1) is 15.0. The van der Waals surface area contributed by atoms with Gasteiger partial charge in [0.05, 0.1) is 17.8 Å². The molecule has 114 valence electrons. The summed E-state index contributed by atoms with van der Waals surface area (Å²) in [4.78, 5) is 4.56. The molecule has 3 rings (SSSR count). The fourth-order valence-electron chi connectivity index (χ4n) is 1.94. The zero-order valence-corrected chi connectivity index (χ0v) is 13.9. The predicted octanol–water partition coefficient (Wildman–Crippen LogP) is 2.98. The van der Waals surface area contributed by atoms with Gasteiger partial charge in [0.1, 0.15) is 11.4 Å². The standard InChI is InChI=1S/C14H15N5OS2/c1-3-13-15-10(8-21-13)9-22-14-16-17-18-19(14)11-6-4-5-7-12(11)20-2/h4-8H,3,9H2,1-2H3. The number of hydrogen-bond acceptors (Lipinski definition) is 7. The van der Waals surface area contributed by atoms with E-state index in [1.165, 1.54) is 0 Å². The molecule has 1 aromatic carbocycles. The zero-order chi connectivity index (χ0) is 15.4. The molecule has 0 saturated heterocycles. The summed E-state index contributed by atoms with van der Waals surface area (Å²) in [6.07, 6.45) is 0.967. The number of tetrazole rings is 1. The number of rotatable bonds is 6. The van der Waals surface area contributed by atoms with Crippen molar-refractivity contribution in [1.82, 2.24) is 25.2 Å². The number of thioether (sulfide) groups is 1. The lowest BCUT2D eigenvalue weighted by atomic mass is 10.3. The van der Waals surface area contributed by atoms with Crippen molar-refractivity contribution in [1.29, 1.82) is 0 Å². The van der Waals surface area contributed by atoms with Crippen molar-refractivity contribution < 1.29 is 4.74 Å². The van der Waals surface area contributed by atoms with Crippen molar-refractivity contribution in [2.45, 2.75) is 24.3 Å². The Labute approximate surface area is 136 Å². The lowest BCUT2D eigenvalue weighted by molar-refractivity contribution is 0.410. The van der Waals surface area contributed by atoms with Crippen molar-refractivity contribution in [3.8, 4) is 11.4 Å². The summed E-state index contributed by atoms with van der Waals surface area (Å²) in [5.41, 5.74) is 1.88. The average molecular weight is 333 g/mol. The van der Waals surface area contributed by atoms with Crippen molar-refractivity contribution in [2.24, 2.45) is 0 Å². The van der Waals surface area contributed by atoms with E-state index < -0.39 is 0 Å². The van der Waals surface area contributed by atoms with Gasteiger partial charge in [-0.3, -0.25) is 0 Å². The number of ether oxygens (including phenoxy) is 1. The molecular weight excluding hydrogens is 318 g/mol. The molecule has 3 aromatic rings. The third kappa shape index (κ3) is 3.12. The highest BCUT2D eigenvalue weighted by atomic mass is 32.2. The largest absolute Gasteiger partial charge is 0.494 e. The number of methoxy groups -OCH3 is 1. The summed E-state index contributed by atoms with van der Waals surface area (Å²) in [5.74, 6) is 1.48. The number of thiazole rings is 1. The maximum atomic E-state index is 5.37. The van der Waals surface area contributed by atoms with Gasteiger partial charge in [0, 0.05) is 11.1 Å². The highest BCUT2D eigenvalue weighted by molar-refractivity contribution is 7.98. The molecule has 0 bridgehead atoms. The zero-order valence-electron chi connectivity index (χ0n) is 12.3. The number of aryl methyl sites for hydroxylation is 1. The van der Waals surface area contributed by atoms with E-state index in [-0.39, 0.29) is 0 Å². The molecular formula is C14H15N5OS2. The van der Waals surface area contributed by atoms with E-state index in [9.17, 15) is 0 Å². The van der Waals surface area contributed by atoms with Crippen molar-refractivity contribution >= 4 is 23.1 Å². The Balaban J connectivity index is 1.80. The van der Waals surface area contributed by atoms with E-state index in [0.717, 1.165) is 39.5 Å². The van der Waals surface area contributed by atoms with Crippen molar-refractivity contribution in [2.75, 3.05) is 7.11 Å². The van der Waals surface area contributed by atoms with Crippen LogP contribution in [-0.2, 0) is 12.2 Å². The molecule has 0 atom stereocenters. The summed E-state index contributed by atoms with van der Waals surface area (Å²) in [5, 5.41) is 15.9. The van der Waals surface area contributed by atoms with E-state index in [2.05, 4.69) is 32.8 Å². The monoisotopic (exact) mass is 333 g/mol. The van der Waals surface area contributed by atoms with E-state index in [1.54, 1.807) is 34.9 Å². The highest BCUT2D eigenvalue weighted by Gasteiger charge is 2.13. The summed E-state index contributed by atoms with van der Waals surface area (Å²) in [6.45, 7) is 2.11. The number of nitrogens with zero attached hydrogens (tertiary/aromatic N) is 5. The van der Waals surface area contributed by atoms with Crippen LogP contribution in [0.3, 0.4) is 0 Å². The number of benzene rings is 1. The van der Waals surface area contributed by atoms with Gasteiger partial charge in [-0.25, -0.2) is 4.98 Å². The SMILES string of the molecule is CCc1nc(CSc2nnnn2-c2ccccc2OC)cs1. The minimum atomic E-state index is 0.718. The van der Waals surface area contributed by atoms with Gasteiger partial charge in [-0.15, -0.1) is 16.4 Å². The van der Waals surface area contributed by atoms with Gasteiger partial charge in [0.15, 0.2) is 0 Å². The van der Waals surface area contributed by atoms with E-state index >= 15 is 0 Å². The van der Waals surface area contributed by atoms with Crippen LogP contribution in [0.25, 0.3) is 5.69 Å². The van der Waals surface area contributed by atoms with Gasteiger partial charge in [-0.2, -0.15) is 4.68 Å². The smallest absolute Gasteiger partial charge is 0.214 e. The molecule has 0 aliphatic carbocycles. The Kier molecular flexibility index (Phi) is 4.69. The molecule has 0 N–H and O–H groups in total. The van der Waals surface area contributed by atoms with Crippen LogP contribution in [0.1, 0.15) is 17.6 Å². The second-order valence-corrected chi connectivity index (χ2v) is 6.31. The third-order valence-electron chi connectivity index (χ3n) is 3.01. The molecule has 0 spiro atoms. The fourth-order valence-corrected chi connectivity index (χ4v) is 3.57. The van der Waals surface area contributed by atoms with Gasteiger partial charge in [-0.05, 0) is 29.0 Å². The van der Waals surface area contributed by atoms with Crippen LogP contribution in [0.2, 0.25) is 0 Å². The summed E-state index contributed by atoms with van der Waals surface area (Å²) in [7, 11) is 1.64. The molecule has 0 aliphatic rings. The normalized spacial score (nSPS) is 10.8. The van der Waals surface area contributed by atoms with Crippen LogP contribution in [0.15, 0.2) is 34.8 Å². The predicted molar refractivity (Wildman–Crippen MR) is 86.8 cm³/mol. The molecule has 0 unspecified atom stereocenters. The summed E-state index contributed by atoms with van der Waals surface area (Å²) >= 11 is 3.25. The highest BCUT2D eigenvalue weighted by Crippen LogP contribution is 2.27. The molecule has 2 heterocycles. The van der Waals surface area contributed by atoms with Crippen LogP contribution in [0.5, 0.6) is 5.75 Å². The first-order chi connectivity index (χ1) is 10.8. The second-order valence-electron chi connectivity index (χ2n) is 4.42. The van der Waals surface area contributed by atoms with Crippen molar-refractivity contribution in [3.05, 3.63) is 40.3 Å². The Morgan fingerprint density at radius 2 is 2.18 bits per heavy atom. The molecule has 0 radical (unpaired) electrons. The minimum Gasteiger partial charge on any atom is -0.494 e. The molecule has 0 saturated carbocycles. The summed E-state index contributed by atoms with van der Waals surface area (Å²) in [6, 6.07) is 7.67. The van der Waals surface area contributed by atoms with Gasteiger partial charge in [-0.1, -0.05) is 30.8 Å². The number of para-hydroxylation sites is 2. The third-order valence-corrected chi connectivity index (χ3v) is 5.00. The lowest BCUT2D eigenvalue weighted by Crippen LogP contribution is -2.01. The van der Waals surface area contributed by atoms with Gasteiger partial charge < -0.3 is 4.74 Å². The Morgan fingerprint density at radius 3 is 2.95 bits per heavy atom. The average Bonchev–Trinajstić information content (AvgIpc) is 3.21. The van der Waals surface area contributed by atoms with E-state index in [1.807, 2.05) is 24.3 Å².